The summed E-state index contributed by atoms with van der Waals surface area (Å²) in [4.78, 5) is 16.6. The highest BCUT2D eigenvalue weighted by molar-refractivity contribution is 7.86. The highest BCUT2D eigenvalue weighted by Gasteiger charge is 2.16. The van der Waals surface area contributed by atoms with Gasteiger partial charge in [0.05, 0.1) is 35.2 Å². The molecule has 8 heteroatoms. The third kappa shape index (κ3) is 5.15. The Hall–Kier alpha value is -3.23. The van der Waals surface area contributed by atoms with Crippen molar-refractivity contribution >= 4 is 33.9 Å². The summed E-state index contributed by atoms with van der Waals surface area (Å²) in [5.74, 6) is 0. The molecule has 1 N–H and O–H groups in total. The van der Waals surface area contributed by atoms with Crippen molar-refractivity contribution in [1.29, 1.82) is 0 Å². The van der Waals surface area contributed by atoms with Gasteiger partial charge in [-0.2, -0.15) is 8.42 Å². The fourth-order valence-corrected chi connectivity index (χ4v) is 3.10. The number of hydrogen-bond donors (Lipinski definition) is 1. The fourth-order valence-electron chi connectivity index (χ4n) is 2.44. The molecule has 0 amide bonds. The molecule has 1 aromatic carbocycles. The van der Waals surface area contributed by atoms with Gasteiger partial charge < -0.3 is 0 Å². The highest BCUT2D eigenvalue weighted by Crippen LogP contribution is 2.28. The molecule has 3 aromatic rings. The quantitative estimate of drug-likeness (QED) is 0.523. The third-order valence-electron chi connectivity index (χ3n) is 3.72. The van der Waals surface area contributed by atoms with Crippen LogP contribution in [0.15, 0.2) is 69.5 Å². The van der Waals surface area contributed by atoms with Crippen molar-refractivity contribution in [2.75, 3.05) is 0 Å². The maximum atomic E-state index is 11.8. The summed E-state index contributed by atoms with van der Waals surface area (Å²) >= 11 is 0. The van der Waals surface area contributed by atoms with E-state index in [1.807, 2.05) is 38.1 Å². The lowest BCUT2D eigenvalue weighted by Crippen LogP contribution is -1.99. The van der Waals surface area contributed by atoms with Crippen LogP contribution in [-0.4, -0.2) is 35.4 Å². The Morgan fingerprint density at radius 2 is 1.43 bits per heavy atom. The van der Waals surface area contributed by atoms with Gasteiger partial charge >= 0.3 is 0 Å². The van der Waals surface area contributed by atoms with Crippen LogP contribution in [0.3, 0.4) is 0 Å². The van der Waals surface area contributed by atoms with Gasteiger partial charge in [0.15, 0.2) is 0 Å². The lowest BCUT2D eigenvalue weighted by Gasteiger charge is -2.04. The lowest BCUT2D eigenvalue weighted by atomic mass is 10.2. The average Bonchev–Trinajstić information content (AvgIpc) is 2.64. The van der Waals surface area contributed by atoms with Crippen LogP contribution in [-0.2, 0) is 10.1 Å². The molecule has 0 spiro atoms. The molecule has 0 saturated carbocycles. The minimum atomic E-state index is -4.48. The van der Waals surface area contributed by atoms with Gasteiger partial charge in [-0.25, -0.2) is 0 Å². The zero-order valence-corrected chi connectivity index (χ0v) is 16.1. The van der Waals surface area contributed by atoms with Crippen LogP contribution < -0.4 is 0 Å². The first-order valence-electron chi connectivity index (χ1n) is 8.38. The summed E-state index contributed by atoms with van der Waals surface area (Å²) in [6, 6.07) is 15.3. The summed E-state index contributed by atoms with van der Waals surface area (Å²) < 4.78 is 33.2. The monoisotopic (exact) mass is 394 g/mol. The van der Waals surface area contributed by atoms with E-state index in [1.54, 1.807) is 18.2 Å². The van der Waals surface area contributed by atoms with Crippen molar-refractivity contribution in [2.45, 2.75) is 18.7 Å². The average molecular weight is 394 g/mol. The second kappa shape index (κ2) is 8.20. The molecular formula is C20H18N4O3S. The zero-order chi connectivity index (χ0) is 20.1. The van der Waals surface area contributed by atoms with E-state index >= 15 is 0 Å². The molecule has 3 rings (SSSR count). The first-order chi connectivity index (χ1) is 13.3. The van der Waals surface area contributed by atoms with Crippen LogP contribution in [0.5, 0.6) is 0 Å². The summed E-state index contributed by atoms with van der Waals surface area (Å²) in [5.41, 5.74) is 3.32. The number of nitrogens with zero attached hydrogens (tertiary/aromatic N) is 4. The van der Waals surface area contributed by atoms with Gasteiger partial charge in [-0.1, -0.05) is 12.1 Å². The van der Waals surface area contributed by atoms with Crippen LogP contribution in [0.1, 0.15) is 22.8 Å². The smallest absolute Gasteiger partial charge is 0.282 e. The summed E-state index contributed by atoms with van der Waals surface area (Å²) in [7, 11) is -4.48. The highest BCUT2D eigenvalue weighted by atomic mass is 32.2. The Morgan fingerprint density at radius 3 is 1.96 bits per heavy atom. The van der Waals surface area contributed by atoms with Crippen molar-refractivity contribution in [3.8, 4) is 0 Å². The molecule has 2 heterocycles. The van der Waals surface area contributed by atoms with Gasteiger partial charge in [-0.3, -0.25) is 24.5 Å². The molecule has 0 aliphatic carbocycles. The van der Waals surface area contributed by atoms with Gasteiger partial charge in [0.2, 0.25) is 0 Å². The van der Waals surface area contributed by atoms with Crippen LogP contribution in [0.4, 0.5) is 11.4 Å². The Kier molecular flexibility index (Phi) is 5.72. The molecule has 0 fully saturated rings. The molecule has 0 aliphatic rings. The van der Waals surface area contributed by atoms with E-state index in [0.29, 0.717) is 17.1 Å². The SMILES string of the molecule is Cc1cccc(C=Nc2ccc(N=Cc3cccc(C)n3)c(S(=O)(=O)O)c2)n1. The molecule has 2 aromatic heterocycles. The standard InChI is InChI=1S/C20H18N4O3S/c1-14-5-3-7-17(23-14)12-21-16-9-10-19(20(11-16)28(25,26)27)22-13-18-8-4-6-15(2)24-18/h3-13H,1-2H3,(H,25,26,27). The summed E-state index contributed by atoms with van der Waals surface area (Å²) in [6.07, 6.45) is 2.96. The van der Waals surface area contributed by atoms with Crippen molar-refractivity contribution in [2.24, 2.45) is 9.98 Å². The third-order valence-corrected chi connectivity index (χ3v) is 4.61. The lowest BCUT2D eigenvalue weighted by molar-refractivity contribution is 0.483. The normalized spacial score (nSPS) is 12.1. The second-order valence-corrected chi connectivity index (χ2v) is 7.44. The molecule has 7 nitrogen and oxygen atoms in total. The number of aromatic nitrogens is 2. The molecular weight excluding hydrogens is 376 g/mol. The molecule has 142 valence electrons. The second-order valence-electron chi connectivity index (χ2n) is 6.05. The van der Waals surface area contributed by atoms with E-state index in [4.69, 9.17) is 0 Å². The fraction of sp³-hybridized carbons (Fsp3) is 0.100. The van der Waals surface area contributed by atoms with Crippen LogP contribution >= 0.6 is 0 Å². The van der Waals surface area contributed by atoms with E-state index in [0.717, 1.165) is 11.4 Å². The Balaban J connectivity index is 1.94. The van der Waals surface area contributed by atoms with Crippen LogP contribution in [0.2, 0.25) is 0 Å². The van der Waals surface area contributed by atoms with Gasteiger partial charge in [-0.15, -0.1) is 0 Å². The molecule has 0 atom stereocenters. The largest absolute Gasteiger partial charge is 0.296 e. The number of aliphatic imine (C=N–C) groups is 2. The first-order valence-corrected chi connectivity index (χ1v) is 9.82. The van der Waals surface area contributed by atoms with Gasteiger partial charge in [0, 0.05) is 11.4 Å². The minimum Gasteiger partial charge on any atom is -0.282 e. The van der Waals surface area contributed by atoms with Gasteiger partial charge in [0.1, 0.15) is 4.90 Å². The predicted molar refractivity (Wildman–Crippen MR) is 109 cm³/mol. The van der Waals surface area contributed by atoms with Gasteiger partial charge in [0.25, 0.3) is 10.1 Å². The van der Waals surface area contributed by atoms with E-state index < -0.39 is 10.1 Å². The van der Waals surface area contributed by atoms with E-state index in [2.05, 4.69) is 20.0 Å². The van der Waals surface area contributed by atoms with Crippen molar-refractivity contribution in [1.82, 2.24) is 9.97 Å². The summed E-state index contributed by atoms with van der Waals surface area (Å²) in [5, 5.41) is 0. The van der Waals surface area contributed by atoms with Crippen LogP contribution in [0, 0.1) is 13.8 Å². The van der Waals surface area contributed by atoms with Crippen molar-refractivity contribution in [3.05, 3.63) is 77.4 Å². The minimum absolute atomic E-state index is 0.0958. The summed E-state index contributed by atoms with van der Waals surface area (Å²) in [6.45, 7) is 3.71. The number of hydrogen-bond acceptors (Lipinski definition) is 6. The van der Waals surface area contributed by atoms with Crippen molar-refractivity contribution in [3.63, 3.8) is 0 Å². The predicted octanol–water partition coefficient (Wildman–Crippen LogP) is 3.84. The number of rotatable bonds is 5. The number of aryl methyl sites for hydroxylation is 2. The van der Waals surface area contributed by atoms with E-state index in [1.165, 1.54) is 24.6 Å². The number of pyridine rings is 2. The molecule has 0 saturated heterocycles. The van der Waals surface area contributed by atoms with E-state index in [-0.39, 0.29) is 10.6 Å². The molecule has 0 bridgehead atoms. The maximum Gasteiger partial charge on any atom is 0.296 e. The Labute approximate surface area is 163 Å². The van der Waals surface area contributed by atoms with E-state index in [9.17, 15) is 13.0 Å². The first kappa shape index (κ1) is 19.5. The van der Waals surface area contributed by atoms with Crippen LogP contribution in [0.25, 0.3) is 0 Å². The molecule has 0 aliphatic heterocycles. The van der Waals surface area contributed by atoms with Gasteiger partial charge in [-0.05, 0) is 56.3 Å². The molecule has 0 radical (unpaired) electrons. The zero-order valence-electron chi connectivity index (χ0n) is 15.3. The molecule has 0 unspecified atom stereocenters. The molecule has 28 heavy (non-hydrogen) atoms. The number of benzene rings is 1. The Bertz CT molecular complexity index is 1170. The van der Waals surface area contributed by atoms with Crippen molar-refractivity contribution < 1.29 is 13.0 Å². The maximum absolute atomic E-state index is 11.8. The topological polar surface area (TPSA) is 105 Å². The Morgan fingerprint density at radius 1 is 0.857 bits per heavy atom.